The van der Waals surface area contributed by atoms with Crippen LogP contribution in [0.15, 0.2) is 0 Å². The van der Waals surface area contributed by atoms with Gasteiger partial charge in [-0.05, 0) is 25.6 Å². The molecule has 0 rings (SSSR count). The molecule has 1 N–H and O–H groups in total. The second-order valence-corrected chi connectivity index (χ2v) is 10.5. The number of unbranched alkanes of at least 4 members (excludes halogenated alkanes) is 1. The summed E-state index contributed by atoms with van der Waals surface area (Å²) in [7, 11) is -7.57. The summed E-state index contributed by atoms with van der Waals surface area (Å²) in [6.45, 7) is 4.36. The highest BCUT2D eigenvalue weighted by molar-refractivity contribution is 7.86. The maximum atomic E-state index is 12.3. The van der Waals surface area contributed by atoms with E-state index in [4.69, 9.17) is 4.55 Å². The molecule has 0 radical (unpaired) electrons. The maximum absolute atomic E-state index is 12.3. The Bertz CT molecular complexity index is 357. The number of rotatable bonds is 7. The Hall–Kier alpha value is -0.123. The Labute approximate surface area is 106 Å². The molecule has 0 bridgehead atoms. The van der Waals surface area contributed by atoms with Crippen molar-refractivity contribution in [3.8, 4) is 0 Å². The van der Waals surface area contributed by atoms with Crippen LogP contribution in [-0.4, -0.2) is 32.9 Å². The normalized spacial score (nSPS) is 18.4. The summed E-state index contributed by atoms with van der Waals surface area (Å²) in [5, 5.41) is -1.24. The van der Waals surface area contributed by atoms with Crippen molar-refractivity contribution in [2.75, 3.05) is 0 Å². The molecule has 0 saturated heterocycles. The Balaban J connectivity index is 4.87. The lowest BCUT2D eigenvalue weighted by molar-refractivity contribution is -0.281. The SMILES string of the molecule is CCCC[Si](C)(CC(C)S(=O)(=O)O)OC(F)(F)F. The van der Waals surface area contributed by atoms with E-state index in [1.54, 1.807) is 0 Å². The first-order valence-electron chi connectivity index (χ1n) is 5.63. The van der Waals surface area contributed by atoms with Gasteiger partial charge in [0.05, 0.1) is 5.25 Å². The lowest BCUT2D eigenvalue weighted by atomic mass is 10.4. The van der Waals surface area contributed by atoms with Crippen molar-refractivity contribution in [3.63, 3.8) is 0 Å². The number of hydrogen-bond acceptors (Lipinski definition) is 3. The summed E-state index contributed by atoms with van der Waals surface area (Å²) in [5.74, 6) is 0. The molecule has 2 atom stereocenters. The van der Waals surface area contributed by atoms with Crippen LogP contribution in [0.1, 0.15) is 26.7 Å². The zero-order valence-electron chi connectivity index (χ0n) is 10.6. The van der Waals surface area contributed by atoms with Crippen LogP contribution in [0.5, 0.6) is 0 Å². The van der Waals surface area contributed by atoms with Crippen LogP contribution >= 0.6 is 0 Å². The Morgan fingerprint density at radius 3 is 2.22 bits per heavy atom. The van der Waals surface area contributed by atoms with E-state index in [-0.39, 0.29) is 12.1 Å². The van der Waals surface area contributed by atoms with E-state index in [2.05, 4.69) is 4.43 Å². The van der Waals surface area contributed by atoms with Crippen molar-refractivity contribution in [2.45, 2.75) is 56.9 Å². The molecule has 9 heteroatoms. The van der Waals surface area contributed by atoms with Gasteiger partial charge in [-0.2, -0.15) is 8.42 Å². The summed E-state index contributed by atoms with van der Waals surface area (Å²) in [5.41, 5.74) is 0. The minimum Gasteiger partial charge on any atom is -0.335 e. The Morgan fingerprint density at radius 2 is 1.89 bits per heavy atom. The minimum absolute atomic E-state index is 0.211. The van der Waals surface area contributed by atoms with Gasteiger partial charge >= 0.3 is 6.36 Å². The topological polar surface area (TPSA) is 63.6 Å². The second kappa shape index (κ2) is 6.35. The van der Waals surface area contributed by atoms with Crippen LogP contribution in [0, 0.1) is 0 Å². The van der Waals surface area contributed by atoms with Crippen LogP contribution < -0.4 is 0 Å². The highest BCUT2D eigenvalue weighted by atomic mass is 32.2. The van der Waals surface area contributed by atoms with E-state index in [0.29, 0.717) is 12.8 Å². The molecule has 0 aromatic carbocycles. The van der Waals surface area contributed by atoms with Crippen LogP contribution in [0.4, 0.5) is 13.2 Å². The zero-order chi connectivity index (χ0) is 14.6. The molecule has 0 amide bonds. The fourth-order valence-corrected chi connectivity index (χ4v) is 6.90. The van der Waals surface area contributed by atoms with Crippen LogP contribution in [0.25, 0.3) is 0 Å². The molecule has 0 aromatic rings. The summed E-state index contributed by atoms with van der Waals surface area (Å²) < 4.78 is 71.7. The lowest BCUT2D eigenvalue weighted by Gasteiger charge is -2.30. The molecule has 0 heterocycles. The Morgan fingerprint density at radius 1 is 1.39 bits per heavy atom. The smallest absolute Gasteiger partial charge is 0.335 e. The predicted molar refractivity (Wildman–Crippen MR) is 64.3 cm³/mol. The highest BCUT2D eigenvalue weighted by Gasteiger charge is 2.44. The van der Waals surface area contributed by atoms with Gasteiger partial charge in [0, 0.05) is 0 Å². The van der Waals surface area contributed by atoms with Crippen molar-refractivity contribution in [3.05, 3.63) is 0 Å². The van der Waals surface area contributed by atoms with Crippen molar-refractivity contribution < 1.29 is 30.6 Å². The van der Waals surface area contributed by atoms with Gasteiger partial charge in [0.25, 0.3) is 10.1 Å². The molecule has 0 fully saturated rings. The lowest BCUT2D eigenvalue weighted by Crippen LogP contribution is -2.43. The van der Waals surface area contributed by atoms with E-state index in [9.17, 15) is 21.6 Å². The molecule has 0 aliphatic rings. The van der Waals surface area contributed by atoms with E-state index >= 15 is 0 Å². The Kier molecular flexibility index (Phi) is 6.31. The van der Waals surface area contributed by atoms with Gasteiger partial charge in [-0.15, -0.1) is 13.2 Å². The van der Waals surface area contributed by atoms with E-state index in [1.807, 2.05) is 6.92 Å². The molecule has 0 aliphatic heterocycles. The molecule has 110 valence electrons. The first kappa shape index (κ1) is 17.9. The van der Waals surface area contributed by atoms with Gasteiger partial charge in [-0.1, -0.05) is 19.8 Å². The van der Waals surface area contributed by atoms with Gasteiger partial charge in [-0.25, -0.2) is 0 Å². The van der Waals surface area contributed by atoms with Gasteiger partial charge in [0.2, 0.25) is 8.32 Å². The summed E-state index contributed by atoms with van der Waals surface area (Å²) in [6, 6.07) is -0.0613. The molecule has 0 aromatic heterocycles. The third-order valence-corrected chi connectivity index (χ3v) is 7.74. The zero-order valence-corrected chi connectivity index (χ0v) is 12.4. The van der Waals surface area contributed by atoms with E-state index in [0.717, 1.165) is 0 Å². The van der Waals surface area contributed by atoms with Crippen LogP contribution in [-0.2, 0) is 14.5 Å². The van der Waals surface area contributed by atoms with Crippen LogP contribution in [0.3, 0.4) is 0 Å². The largest absolute Gasteiger partial charge is 0.512 e. The first-order chi connectivity index (χ1) is 7.90. The number of hydrogen-bond donors (Lipinski definition) is 1. The van der Waals surface area contributed by atoms with Crippen molar-refractivity contribution in [1.29, 1.82) is 0 Å². The monoisotopic (exact) mass is 308 g/mol. The highest BCUT2D eigenvalue weighted by Crippen LogP contribution is 2.31. The second-order valence-electron chi connectivity index (χ2n) is 4.63. The van der Waals surface area contributed by atoms with Crippen LogP contribution in [0.2, 0.25) is 18.6 Å². The van der Waals surface area contributed by atoms with Gasteiger partial charge in [0.15, 0.2) is 0 Å². The summed E-state index contributed by atoms with van der Waals surface area (Å²) in [6.07, 6.45) is -3.53. The molecular weight excluding hydrogens is 289 g/mol. The van der Waals surface area contributed by atoms with Gasteiger partial charge in [-0.3, -0.25) is 4.55 Å². The quantitative estimate of drug-likeness (QED) is 0.579. The maximum Gasteiger partial charge on any atom is 0.512 e. The van der Waals surface area contributed by atoms with Crippen molar-refractivity contribution >= 4 is 18.4 Å². The molecule has 18 heavy (non-hydrogen) atoms. The molecule has 4 nitrogen and oxygen atoms in total. The molecular formula is C9H19F3O4SSi. The first-order valence-corrected chi connectivity index (χ1v) is 9.95. The summed E-state index contributed by atoms with van der Waals surface area (Å²) in [4.78, 5) is 0. The summed E-state index contributed by atoms with van der Waals surface area (Å²) >= 11 is 0. The molecule has 2 unspecified atom stereocenters. The third kappa shape index (κ3) is 7.34. The fraction of sp³-hybridized carbons (Fsp3) is 1.00. The number of halogens is 3. The minimum atomic E-state index is -4.77. The fourth-order valence-electron chi connectivity index (χ4n) is 1.74. The standard InChI is InChI=1S/C9H19F3O4SSi/c1-4-5-6-18(3,16-9(10,11)12)7-8(2)17(13,14)15/h8H,4-7H2,1-3H3,(H,13,14,15). The molecule has 0 saturated carbocycles. The van der Waals surface area contributed by atoms with Gasteiger partial charge < -0.3 is 4.43 Å². The van der Waals surface area contributed by atoms with Crippen molar-refractivity contribution in [1.82, 2.24) is 0 Å². The molecule has 0 spiro atoms. The van der Waals surface area contributed by atoms with Crippen molar-refractivity contribution in [2.24, 2.45) is 0 Å². The average molecular weight is 308 g/mol. The van der Waals surface area contributed by atoms with E-state index in [1.165, 1.54) is 13.5 Å². The molecule has 0 aliphatic carbocycles. The average Bonchev–Trinajstić information content (AvgIpc) is 2.10. The van der Waals surface area contributed by atoms with E-state index < -0.39 is 30.0 Å². The van der Waals surface area contributed by atoms with Gasteiger partial charge in [0.1, 0.15) is 0 Å². The predicted octanol–water partition coefficient (Wildman–Crippen LogP) is 3.17. The number of alkyl halides is 3. The third-order valence-electron chi connectivity index (χ3n) is 2.65.